The summed E-state index contributed by atoms with van der Waals surface area (Å²) in [4.78, 5) is 4.48. The smallest absolute Gasteiger partial charge is 0.152 e. The standard InChI is InChI=1S/C20H21ClFN3/c1-4-11-25-14(3)13(2)17-12-18(21)24-20(19(17)25)23-10-9-15-5-7-16(22)8-6-15/h4-8,12H,1,9-11H2,2-3H3,(H,23,24). The molecule has 1 N–H and O–H groups in total. The first-order valence-electron chi connectivity index (χ1n) is 8.26. The van der Waals surface area contributed by atoms with E-state index in [0.717, 1.165) is 28.7 Å². The molecular weight excluding hydrogens is 337 g/mol. The van der Waals surface area contributed by atoms with Crippen LogP contribution in [-0.4, -0.2) is 16.1 Å². The molecule has 5 heteroatoms. The van der Waals surface area contributed by atoms with Gasteiger partial charge in [0.1, 0.15) is 11.0 Å². The minimum absolute atomic E-state index is 0.219. The SMILES string of the molecule is C=CCn1c(C)c(C)c2cc(Cl)nc(NCCc3ccc(F)cc3)c21. The first-order chi connectivity index (χ1) is 12.0. The Kier molecular flexibility index (Phi) is 5.09. The molecule has 3 rings (SSSR count). The third-order valence-corrected chi connectivity index (χ3v) is 4.71. The summed E-state index contributed by atoms with van der Waals surface area (Å²) in [5.41, 5.74) is 4.49. The molecule has 0 fully saturated rings. The summed E-state index contributed by atoms with van der Waals surface area (Å²) in [6.07, 6.45) is 2.65. The van der Waals surface area contributed by atoms with Crippen LogP contribution in [-0.2, 0) is 13.0 Å². The summed E-state index contributed by atoms with van der Waals surface area (Å²) in [5.74, 6) is 0.547. The Bertz CT molecular complexity index is 913. The van der Waals surface area contributed by atoms with Crippen molar-refractivity contribution in [3.8, 4) is 0 Å². The molecule has 0 radical (unpaired) electrons. The molecule has 2 aromatic heterocycles. The normalized spacial score (nSPS) is 11.0. The first-order valence-corrected chi connectivity index (χ1v) is 8.64. The van der Waals surface area contributed by atoms with E-state index in [1.54, 1.807) is 12.1 Å². The zero-order valence-electron chi connectivity index (χ0n) is 14.4. The summed E-state index contributed by atoms with van der Waals surface area (Å²) >= 11 is 6.23. The number of fused-ring (bicyclic) bond motifs is 1. The van der Waals surface area contributed by atoms with Crippen molar-refractivity contribution in [2.24, 2.45) is 0 Å². The molecule has 2 heterocycles. The van der Waals surface area contributed by atoms with E-state index in [2.05, 4.69) is 35.3 Å². The molecule has 0 bridgehead atoms. The third-order valence-electron chi connectivity index (χ3n) is 4.51. The maximum absolute atomic E-state index is 13.0. The maximum atomic E-state index is 13.0. The van der Waals surface area contributed by atoms with Crippen LogP contribution in [0.25, 0.3) is 10.9 Å². The average Bonchev–Trinajstić information content (AvgIpc) is 2.82. The Labute approximate surface area is 152 Å². The van der Waals surface area contributed by atoms with Crippen molar-refractivity contribution in [1.29, 1.82) is 0 Å². The van der Waals surface area contributed by atoms with Crippen LogP contribution in [0.1, 0.15) is 16.8 Å². The fourth-order valence-electron chi connectivity index (χ4n) is 3.09. The lowest BCUT2D eigenvalue weighted by Gasteiger charge is -2.11. The summed E-state index contributed by atoms with van der Waals surface area (Å²) in [7, 11) is 0. The number of nitrogens with one attached hydrogen (secondary N) is 1. The minimum atomic E-state index is -0.219. The van der Waals surface area contributed by atoms with Gasteiger partial charge in [0.2, 0.25) is 0 Å². The first kappa shape index (κ1) is 17.5. The molecule has 0 aliphatic heterocycles. The highest BCUT2D eigenvalue weighted by Gasteiger charge is 2.16. The van der Waals surface area contributed by atoms with E-state index in [4.69, 9.17) is 11.6 Å². The van der Waals surface area contributed by atoms with Gasteiger partial charge in [-0.1, -0.05) is 29.8 Å². The van der Waals surface area contributed by atoms with Crippen LogP contribution < -0.4 is 5.32 Å². The zero-order valence-corrected chi connectivity index (χ0v) is 15.2. The monoisotopic (exact) mass is 357 g/mol. The number of allylic oxidation sites excluding steroid dienone is 1. The highest BCUT2D eigenvalue weighted by Crippen LogP contribution is 2.32. The molecule has 0 spiro atoms. The lowest BCUT2D eigenvalue weighted by atomic mass is 10.1. The van der Waals surface area contributed by atoms with Crippen LogP contribution in [0.2, 0.25) is 5.15 Å². The van der Waals surface area contributed by atoms with Crippen LogP contribution in [0.4, 0.5) is 10.2 Å². The highest BCUT2D eigenvalue weighted by atomic mass is 35.5. The van der Waals surface area contributed by atoms with Gasteiger partial charge in [-0.3, -0.25) is 0 Å². The third kappa shape index (κ3) is 3.54. The van der Waals surface area contributed by atoms with Gasteiger partial charge in [-0.2, -0.15) is 0 Å². The topological polar surface area (TPSA) is 29.9 Å². The van der Waals surface area contributed by atoms with Crippen LogP contribution in [0, 0.1) is 19.7 Å². The van der Waals surface area contributed by atoms with Gasteiger partial charge in [-0.05, 0) is 49.6 Å². The Hall–Kier alpha value is -2.33. The molecule has 0 amide bonds. The molecule has 0 saturated heterocycles. The molecule has 0 aliphatic rings. The summed E-state index contributed by atoms with van der Waals surface area (Å²) in [6.45, 7) is 9.44. The number of aromatic nitrogens is 2. The van der Waals surface area contributed by atoms with Crippen molar-refractivity contribution >= 4 is 28.3 Å². The zero-order chi connectivity index (χ0) is 18.0. The molecule has 0 saturated carbocycles. The molecule has 3 nitrogen and oxygen atoms in total. The van der Waals surface area contributed by atoms with E-state index in [9.17, 15) is 4.39 Å². The fourth-order valence-corrected chi connectivity index (χ4v) is 3.28. The molecule has 1 aromatic carbocycles. The number of halogens is 2. The molecule has 0 unspecified atom stereocenters. The van der Waals surface area contributed by atoms with Crippen molar-refractivity contribution in [1.82, 2.24) is 9.55 Å². The van der Waals surface area contributed by atoms with E-state index in [-0.39, 0.29) is 5.82 Å². The van der Waals surface area contributed by atoms with Crippen molar-refractivity contribution in [2.45, 2.75) is 26.8 Å². The Balaban J connectivity index is 1.90. The summed E-state index contributed by atoms with van der Waals surface area (Å²) < 4.78 is 15.2. The summed E-state index contributed by atoms with van der Waals surface area (Å²) in [5, 5.41) is 4.96. The lowest BCUT2D eigenvalue weighted by Crippen LogP contribution is -2.09. The van der Waals surface area contributed by atoms with Crippen molar-refractivity contribution in [2.75, 3.05) is 11.9 Å². The Morgan fingerprint density at radius 2 is 2.00 bits per heavy atom. The van der Waals surface area contributed by atoms with Gasteiger partial charge >= 0.3 is 0 Å². The number of pyridine rings is 1. The van der Waals surface area contributed by atoms with Gasteiger partial charge in [0.25, 0.3) is 0 Å². The number of aryl methyl sites for hydroxylation is 1. The predicted octanol–water partition coefficient (Wildman–Crippen LogP) is 5.29. The second kappa shape index (κ2) is 7.28. The number of anilines is 1. The van der Waals surface area contributed by atoms with Gasteiger partial charge in [-0.25, -0.2) is 9.37 Å². The largest absolute Gasteiger partial charge is 0.368 e. The number of rotatable bonds is 6. The molecular formula is C20H21ClFN3. The number of hydrogen-bond donors (Lipinski definition) is 1. The lowest BCUT2D eigenvalue weighted by molar-refractivity contribution is 0.627. The average molecular weight is 358 g/mol. The van der Waals surface area contributed by atoms with Gasteiger partial charge < -0.3 is 9.88 Å². The van der Waals surface area contributed by atoms with Crippen molar-refractivity contribution in [3.05, 3.63) is 70.8 Å². The van der Waals surface area contributed by atoms with Crippen LogP contribution in [0.15, 0.2) is 43.0 Å². The second-order valence-corrected chi connectivity index (χ2v) is 6.49. The summed E-state index contributed by atoms with van der Waals surface area (Å²) in [6, 6.07) is 8.46. The van der Waals surface area contributed by atoms with Crippen LogP contribution >= 0.6 is 11.6 Å². The van der Waals surface area contributed by atoms with Crippen LogP contribution in [0.5, 0.6) is 0 Å². The van der Waals surface area contributed by atoms with Gasteiger partial charge in [0, 0.05) is 24.2 Å². The second-order valence-electron chi connectivity index (χ2n) is 6.10. The maximum Gasteiger partial charge on any atom is 0.152 e. The van der Waals surface area contributed by atoms with E-state index in [0.29, 0.717) is 18.2 Å². The van der Waals surface area contributed by atoms with Crippen LogP contribution in [0.3, 0.4) is 0 Å². The Morgan fingerprint density at radius 3 is 2.68 bits per heavy atom. The highest BCUT2D eigenvalue weighted by molar-refractivity contribution is 6.30. The van der Waals surface area contributed by atoms with E-state index < -0.39 is 0 Å². The predicted molar refractivity (Wildman–Crippen MR) is 103 cm³/mol. The van der Waals surface area contributed by atoms with Gasteiger partial charge in [0.05, 0.1) is 5.52 Å². The minimum Gasteiger partial charge on any atom is -0.368 e. The van der Waals surface area contributed by atoms with E-state index >= 15 is 0 Å². The molecule has 0 atom stereocenters. The van der Waals surface area contributed by atoms with E-state index in [1.165, 1.54) is 23.4 Å². The molecule has 130 valence electrons. The Morgan fingerprint density at radius 1 is 1.28 bits per heavy atom. The molecule has 0 aliphatic carbocycles. The fraction of sp³-hybridized carbons (Fsp3) is 0.250. The van der Waals surface area contributed by atoms with Gasteiger partial charge in [-0.15, -0.1) is 6.58 Å². The number of nitrogens with zero attached hydrogens (tertiary/aromatic N) is 2. The van der Waals surface area contributed by atoms with Crippen molar-refractivity contribution < 1.29 is 4.39 Å². The van der Waals surface area contributed by atoms with E-state index in [1.807, 2.05) is 12.1 Å². The van der Waals surface area contributed by atoms with Gasteiger partial charge in [0.15, 0.2) is 5.82 Å². The molecule has 3 aromatic rings. The number of benzene rings is 1. The quantitative estimate of drug-likeness (QED) is 0.480. The van der Waals surface area contributed by atoms with Crippen molar-refractivity contribution in [3.63, 3.8) is 0 Å². The molecule has 25 heavy (non-hydrogen) atoms. The number of hydrogen-bond acceptors (Lipinski definition) is 2.